The van der Waals surface area contributed by atoms with Crippen LogP contribution in [0.2, 0.25) is 0 Å². The number of nitrogens with two attached hydrogens (primary N) is 1. The number of fused-ring (bicyclic) bond motifs is 1. The van der Waals surface area contributed by atoms with Crippen LogP contribution in [0.4, 0.5) is 14.7 Å². The van der Waals surface area contributed by atoms with Crippen LogP contribution in [-0.2, 0) is 35.2 Å². The van der Waals surface area contributed by atoms with Crippen molar-refractivity contribution in [3.63, 3.8) is 0 Å². The van der Waals surface area contributed by atoms with Gasteiger partial charge < -0.3 is 41.1 Å². The van der Waals surface area contributed by atoms with Gasteiger partial charge in [0.25, 0.3) is 11.8 Å². The zero-order valence-electron chi connectivity index (χ0n) is 29.7. The lowest BCUT2D eigenvalue weighted by Crippen LogP contribution is -2.80. The molecule has 4 amide bonds. The van der Waals surface area contributed by atoms with E-state index in [1.807, 2.05) is 0 Å². The van der Waals surface area contributed by atoms with Crippen molar-refractivity contribution in [3.05, 3.63) is 17.3 Å². The maximum Gasteiger partial charge on any atom is 0.407 e. The van der Waals surface area contributed by atoms with Crippen molar-refractivity contribution >= 4 is 87.3 Å². The molecule has 4 rings (SSSR count). The second-order valence-corrected chi connectivity index (χ2v) is 15.5. The van der Waals surface area contributed by atoms with Gasteiger partial charge in [0.2, 0.25) is 11.5 Å². The average molecular weight is 797 g/mol. The average Bonchev–Trinajstić information content (AvgIpc) is 3.71. The van der Waals surface area contributed by atoms with Gasteiger partial charge in [0.1, 0.15) is 28.9 Å². The van der Waals surface area contributed by atoms with Crippen LogP contribution in [0.1, 0.15) is 66.0 Å². The van der Waals surface area contributed by atoms with Gasteiger partial charge >= 0.3 is 18.2 Å². The smallest absolute Gasteiger partial charge is 0.407 e. The van der Waals surface area contributed by atoms with Crippen LogP contribution >= 0.6 is 35.5 Å². The molecule has 2 aliphatic heterocycles. The van der Waals surface area contributed by atoms with Gasteiger partial charge in [0.15, 0.2) is 16.5 Å². The molecule has 1 saturated heterocycles. The Kier molecular flexibility index (Phi) is 12.9. The lowest BCUT2D eigenvalue weighted by Gasteiger charge is -2.55. The molecule has 2 atom stereocenters. The van der Waals surface area contributed by atoms with Crippen molar-refractivity contribution in [2.45, 2.75) is 83.0 Å². The molecular formula is C29H40N12O9S3. The number of nitrogens with zero attached hydrogens (tertiary/aromatic N) is 8. The lowest BCUT2D eigenvalue weighted by molar-refractivity contribution is -0.153. The highest BCUT2D eigenvalue weighted by Crippen LogP contribution is 2.47. The van der Waals surface area contributed by atoms with Gasteiger partial charge in [-0.05, 0) is 58.4 Å². The van der Waals surface area contributed by atoms with E-state index < -0.39 is 57.8 Å². The first-order valence-corrected chi connectivity index (χ1v) is 18.4. The highest BCUT2D eigenvalue weighted by molar-refractivity contribution is 8.00. The molecule has 24 heteroatoms. The number of β-lactam (4-membered cyclic amide) rings is 1. The molecule has 53 heavy (non-hydrogen) atoms. The summed E-state index contributed by atoms with van der Waals surface area (Å²) >= 11 is 7.16. The van der Waals surface area contributed by atoms with E-state index in [1.54, 1.807) is 41.5 Å². The normalized spacial score (nSPS) is 18.8. The van der Waals surface area contributed by atoms with E-state index in [1.165, 1.54) is 4.68 Å². The maximum absolute atomic E-state index is 13.8. The number of aromatic nitrogens is 6. The SMILES string of the molecule is CC(C)(C)OC(=O)NCCCON=C(C(=O)NC1(C=S)C(=O)N2C(C(=O)O)=C(c3nnnn3CCCNC(=O)OC(C)(C)C)CS[C@H]21)c1nsc(N)n1. The van der Waals surface area contributed by atoms with Crippen LogP contribution in [0.25, 0.3) is 5.57 Å². The highest BCUT2D eigenvalue weighted by atomic mass is 32.2. The van der Waals surface area contributed by atoms with Gasteiger partial charge in [-0.1, -0.05) is 17.4 Å². The monoisotopic (exact) mass is 796 g/mol. The Bertz CT molecular complexity index is 1800. The topological polar surface area (TPSA) is 280 Å². The fourth-order valence-corrected chi connectivity index (χ4v) is 7.06. The number of carboxylic acids is 1. The zero-order chi connectivity index (χ0) is 39.1. The fraction of sp³-hybridized carbons (Fsp3) is 0.586. The van der Waals surface area contributed by atoms with Crippen LogP contribution in [0.5, 0.6) is 0 Å². The minimum atomic E-state index is -1.83. The number of nitrogen functional groups attached to an aromatic ring is 1. The summed E-state index contributed by atoms with van der Waals surface area (Å²) < 4.78 is 15.8. The number of thioether (sulfide) groups is 1. The van der Waals surface area contributed by atoms with E-state index in [2.05, 4.69) is 46.0 Å². The van der Waals surface area contributed by atoms with Crippen LogP contribution in [0.3, 0.4) is 0 Å². The molecule has 6 N–H and O–H groups in total. The number of hydrogen-bond donors (Lipinski definition) is 5. The number of nitrogens with one attached hydrogen (secondary N) is 3. The number of hydrogen-bond acceptors (Lipinski definition) is 18. The molecule has 2 aromatic heterocycles. The highest BCUT2D eigenvalue weighted by Gasteiger charge is 2.65. The minimum absolute atomic E-state index is 0.0268. The third-order valence-electron chi connectivity index (χ3n) is 6.94. The number of carboxylic acid groups (broad SMARTS) is 1. The molecule has 4 heterocycles. The number of alkyl carbamates (subject to hydrolysis) is 2. The van der Waals surface area contributed by atoms with Crippen molar-refractivity contribution < 1.29 is 43.4 Å². The maximum atomic E-state index is 13.8. The summed E-state index contributed by atoms with van der Waals surface area (Å²) in [7, 11) is 0. The molecular weight excluding hydrogens is 757 g/mol. The molecule has 2 aromatic rings. The molecule has 0 bridgehead atoms. The van der Waals surface area contributed by atoms with E-state index in [0.29, 0.717) is 12.8 Å². The van der Waals surface area contributed by atoms with Crippen molar-refractivity contribution in [2.24, 2.45) is 5.16 Å². The third kappa shape index (κ3) is 10.1. The Hall–Kier alpha value is -4.97. The molecule has 0 aromatic carbocycles. The molecule has 1 unspecified atom stereocenters. The van der Waals surface area contributed by atoms with Gasteiger partial charge in [-0.3, -0.25) is 14.5 Å². The number of ether oxygens (including phenoxy) is 2. The summed E-state index contributed by atoms with van der Waals surface area (Å²) in [5, 5.41) is 33.8. The Morgan fingerprint density at radius 3 is 2.30 bits per heavy atom. The van der Waals surface area contributed by atoms with E-state index in [0.717, 1.165) is 33.6 Å². The number of amides is 4. The van der Waals surface area contributed by atoms with Crippen LogP contribution < -0.4 is 21.7 Å². The molecule has 0 spiro atoms. The van der Waals surface area contributed by atoms with E-state index in [-0.39, 0.29) is 60.0 Å². The summed E-state index contributed by atoms with van der Waals surface area (Å²) in [6.07, 6.45) is -0.529. The predicted molar refractivity (Wildman–Crippen MR) is 195 cm³/mol. The molecule has 2 aliphatic rings. The summed E-state index contributed by atoms with van der Waals surface area (Å²) in [5.74, 6) is -3.24. The van der Waals surface area contributed by atoms with Gasteiger partial charge in [0.05, 0.1) is 0 Å². The number of thiocarbonyl (C=S) groups is 1. The molecule has 0 radical (unpaired) electrons. The van der Waals surface area contributed by atoms with Crippen molar-refractivity contribution in [1.29, 1.82) is 0 Å². The molecule has 0 aliphatic carbocycles. The third-order valence-corrected chi connectivity index (χ3v) is 9.21. The number of oxime groups is 1. The Morgan fingerprint density at radius 1 is 1.09 bits per heavy atom. The van der Waals surface area contributed by atoms with Gasteiger partial charge in [-0.2, -0.15) is 9.36 Å². The molecule has 21 nitrogen and oxygen atoms in total. The summed E-state index contributed by atoms with van der Waals surface area (Å²) in [4.78, 5) is 74.3. The van der Waals surface area contributed by atoms with Crippen LogP contribution in [0.15, 0.2) is 10.9 Å². The Balaban J connectivity index is 1.46. The Labute approximate surface area is 317 Å². The van der Waals surface area contributed by atoms with Gasteiger partial charge in [-0.25, -0.2) is 19.1 Å². The first-order valence-electron chi connectivity index (χ1n) is 16.1. The standard InChI is InChI=1S/C29H40N12O9S3/c1-27(2,3)49-25(46)31-9-7-11-40-19(35-38-39-40)15-13-52-23-29(14-51,22(45)41(23)17(15)21(43)44)34-20(42)16(18-33-24(30)53-37-18)36-48-12-8-10-32-26(47)50-28(4,5)6/h14,23H,7-13H2,1-6H3,(H,31,46)(H,32,47)(H,34,42)(H,43,44)(H2,30,33,37)/t23-,29?/m0/s1. The Morgan fingerprint density at radius 2 is 1.74 bits per heavy atom. The number of carbonyl (C=O) groups is 5. The van der Waals surface area contributed by atoms with Crippen molar-refractivity contribution in [3.8, 4) is 0 Å². The summed E-state index contributed by atoms with van der Waals surface area (Å²) in [5.41, 5.74) is 1.94. The second-order valence-electron chi connectivity index (χ2n) is 13.4. The van der Waals surface area contributed by atoms with Gasteiger partial charge in [0, 0.05) is 54.3 Å². The predicted octanol–water partition coefficient (Wildman–Crippen LogP) is 0.923. The zero-order valence-corrected chi connectivity index (χ0v) is 32.1. The van der Waals surface area contributed by atoms with Crippen molar-refractivity contribution in [1.82, 2.24) is 50.4 Å². The van der Waals surface area contributed by atoms with Gasteiger partial charge in [-0.15, -0.1) is 16.9 Å². The lowest BCUT2D eigenvalue weighted by atomic mass is 9.87. The first-order chi connectivity index (χ1) is 24.9. The largest absolute Gasteiger partial charge is 0.477 e. The molecule has 288 valence electrons. The number of carbonyl (C=O) groups excluding carboxylic acids is 4. The summed E-state index contributed by atoms with van der Waals surface area (Å²) in [6, 6.07) is 0. The number of aryl methyl sites for hydroxylation is 1. The van der Waals surface area contributed by atoms with E-state index in [9.17, 15) is 29.1 Å². The number of anilines is 1. The second kappa shape index (κ2) is 16.8. The fourth-order valence-electron chi connectivity index (χ4n) is 4.82. The molecule has 0 saturated carbocycles. The number of aliphatic carboxylic acids is 1. The number of rotatable bonds is 15. The first kappa shape index (κ1) is 40.8. The summed E-state index contributed by atoms with van der Waals surface area (Å²) in [6.45, 7) is 11.0. The minimum Gasteiger partial charge on any atom is -0.477 e. The van der Waals surface area contributed by atoms with Crippen LogP contribution in [0, 0.1) is 0 Å². The van der Waals surface area contributed by atoms with E-state index >= 15 is 0 Å². The molecule has 1 fully saturated rings. The van der Waals surface area contributed by atoms with E-state index in [4.69, 9.17) is 32.3 Å². The number of tetrazole rings is 1. The quantitative estimate of drug-likeness (QED) is 0.0551. The van der Waals surface area contributed by atoms with Crippen molar-refractivity contribution in [2.75, 3.05) is 31.2 Å². The van der Waals surface area contributed by atoms with Crippen LogP contribution in [-0.4, -0.2) is 128 Å².